The quantitative estimate of drug-likeness (QED) is 0.686. The molecule has 0 N–H and O–H groups in total. The highest BCUT2D eigenvalue weighted by Gasteiger charge is 2.22. The lowest BCUT2D eigenvalue weighted by atomic mass is 10.1. The van der Waals surface area contributed by atoms with Gasteiger partial charge in [-0.05, 0) is 12.8 Å². The topological polar surface area (TPSA) is 44.1 Å². The van der Waals surface area contributed by atoms with Crippen LogP contribution in [0.3, 0.4) is 0 Å². The number of esters is 1. The summed E-state index contributed by atoms with van der Waals surface area (Å²) in [4.78, 5) is 16.1. The number of hydrogen-bond acceptors (Lipinski definition) is 3. The molecule has 0 radical (unpaired) electrons. The SMILES string of the molecule is CCCCC(C(=O)OC)n1ccnc1CCC. The van der Waals surface area contributed by atoms with Crippen molar-refractivity contribution in [1.82, 2.24) is 9.55 Å². The van der Waals surface area contributed by atoms with E-state index in [1.54, 1.807) is 6.20 Å². The Bertz CT molecular complexity index is 347. The van der Waals surface area contributed by atoms with Crippen molar-refractivity contribution in [1.29, 1.82) is 0 Å². The molecule has 1 atom stereocenters. The van der Waals surface area contributed by atoms with E-state index in [0.29, 0.717) is 0 Å². The summed E-state index contributed by atoms with van der Waals surface area (Å²) in [6.45, 7) is 4.23. The minimum absolute atomic E-state index is 0.172. The van der Waals surface area contributed by atoms with Crippen molar-refractivity contribution in [3.8, 4) is 0 Å². The lowest BCUT2D eigenvalue weighted by Gasteiger charge is -2.18. The molecule has 0 spiro atoms. The summed E-state index contributed by atoms with van der Waals surface area (Å²) in [5, 5.41) is 0. The smallest absolute Gasteiger partial charge is 0.328 e. The third-order valence-electron chi connectivity index (χ3n) is 2.86. The molecule has 4 nitrogen and oxygen atoms in total. The largest absolute Gasteiger partial charge is 0.467 e. The van der Waals surface area contributed by atoms with E-state index < -0.39 is 0 Å². The first kappa shape index (κ1) is 13.7. The number of methoxy groups -OCH3 is 1. The van der Waals surface area contributed by atoms with Crippen molar-refractivity contribution >= 4 is 5.97 Å². The zero-order valence-electron chi connectivity index (χ0n) is 11.0. The van der Waals surface area contributed by atoms with E-state index in [1.165, 1.54) is 7.11 Å². The molecule has 0 aromatic carbocycles. The third-order valence-corrected chi connectivity index (χ3v) is 2.86. The van der Waals surface area contributed by atoms with Crippen LogP contribution < -0.4 is 0 Å². The van der Waals surface area contributed by atoms with Crippen LogP contribution in [-0.4, -0.2) is 22.6 Å². The predicted molar refractivity (Wildman–Crippen MR) is 66.8 cm³/mol. The van der Waals surface area contributed by atoms with E-state index in [0.717, 1.165) is 37.9 Å². The summed E-state index contributed by atoms with van der Waals surface area (Å²) in [7, 11) is 1.44. The number of aryl methyl sites for hydroxylation is 1. The average Bonchev–Trinajstić information content (AvgIpc) is 2.78. The van der Waals surface area contributed by atoms with Crippen LogP contribution in [0.4, 0.5) is 0 Å². The van der Waals surface area contributed by atoms with Crippen molar-refractivity contribution in [2.45, 2.75) is 52.0 Å². The lowest BCUT2D eigenvalue weighted by molar-refractivity contribution is -0.144. The van der Waals surface area contributed by atoms with E-state index >= 15 is 0 Å². The first-order valence-electron chi connectivity index (χ1n) is 6.34. The van der Waals surface area contributed by atoms with Gasteiger partial charge in [0, 0.05) is 18.8 Å². The van der Waals surface area contributed by atoms with Crippen LogP contribution in [0.5, 0.6) is 0 Å². The number of nitrogens with zero attached hydrogens (tertiary/aromatic N) is 2. The van der Waals surface area contributed by atoms with E-state index in [4.69, 9.17) is 4.74 Å². The van der Waals surface area contributed by atoms with Crippen molar-refractivity contribution in [2.24, 2.45) is 0 Å². The van der Waals surface area contributed by atoms with Crippen LogP contribution in [0.15, 0.2) is 12.4 Å². The number of hydrogen-bond donors (Lipinski definition) is 0. The normalized spacial score (nSPS) is 12.4. The molecule has 0 saturated heterocycles. The second-order valence-electron chi connectivity index (χ2n) is 4.18. The van der Waals surface area contributed by atoms with Gasteiger partial charge in [0.25, 0.3) is 0 Å². The van der Waals surface area contributed by atoms with Gasteiger partial charge in [-0.1, -0.05) is 26.7 Å². The van der Waals surface area contributed by atoms with Crippen LogP contribution in [-0.2, 0) is 16.0 Å². The number of carbonyl (C=O) groups excluding carboxylic acids is 1. The fourth-order valence-electron chi connectivity index (χ4n) is 1.95. The molecule has 0 bridgehead atoms. The molecule has 0 aliphatic carbocycles. The van der Waals surface area contributed by atoms with E-state index in [2.05, 4.69) is 18.8 Å². The van der Waals surface area contributed by atoms with Gasteiger partial charge in [0.1, 0.15) is 11.9 Å². The van der Waals surface area contributed by atoms with E-state index in [9.17, 15) is 4.79 Å². The molecule has 0 saturated carbocycles. The van der Waals surface area contributed by atoms with Crippen LogP contribution >= 0.6 is 0 Å². The molecule has 0 fully saturated rings. The second kappa shape index (κ2) is 7.09. The maximum Gasteiger partial charge on any atom is 0.328 e. The number of ether oxygens (including phenoxy) is 1. The van der Waals surface area contributed by atoms with Gasteiger partial charge in [0.2, 0.25) is 0 Å². The first-order valence-corrected chi connectivity index (χ1v) is 6.34. The fourth-order valence-corrected chi connectivity index (χ4v) is 1.95. The maximum absolute atomic E-state index is 11.8. The summed E-state index contributed by atoms with van der Waals surface area (Å²) < 4.78 is 6.84. The van der Waals surface area contributed by atoms with Gasteiger partial charge in [0.05, 0.1) is 7.11 Å². The Morgan fingerprint density at radius 1 is 1.47 bits per heavy atom. The highest BCUT2D eigenvalue weighted by atomic mass is 16.5. The number of rotatable bonds is 7. The number of carbonyl (C=O) groups is 1. The van der Waals surface area contributed by atoms with E-state index in [-0.39, 0.29) is 12.0 Å². The van der Waals surface area contributed by atoms with Crippen LogP contribution in [0.25, 0.3) is 0 Å². The minimum atomic E-state index is -0.219. The van der Waals surface area contributed by atoms with Crippen LogP contribution in [0, 0.1) is 0 Å². The van der Waals surface area contributed by atoms with Gasteiger partial charge in [-0.2, -0.15) is 0 Å². The Hall–Kier alpha value is -1.32. The summed E-state index contributed by atoms with van der Waals surface area (Å²) in [6, 6.07) is -0.219. The molecule has 1 rings (SSSR count). The monoisotopic (exact) mass is 238 g/mol. The van der Waals surface area contributed by atoms with Crippen molar-refractivity contribution in [3.63, 3.8) is 0 Å². The Labute approximate surface area is 103 Å². The molecule has 1 unspecified atom stereocenters. The predicted octanol–water partition coefficient (Wildman–Crippen LogP) is 2.74. The molecule has 0 amide bonds. The minimum Gasteiger partial charge on any atom is -0.467 e. The molecule has 96 valence electrons. The average molecular weight is 238 g/mol. The third kappa shape index (κ3) is 3.58. The Morgan fingerprint density at radius 3 is 2.82 bits per heavy atom. The summed E-state index contributed by atoms with van der Waals surface area (Å²) in [6.07, 6.45) is 8.46. The van der Waals surface area contributed by atoms with Crippen LogP contribution in [0.2, 0.25) is 0 Å². The Kier molecular flexibility index (Phi) is 5.73. The molecule has 0 aliphatic heterocycles. The molecular weight excluding hydrogens is 216 g/mol. The van der Waals surface area contributed by atoms with E-state index in [1.807, 2.05) is 10.8 Å². The van der Waals surface area contributed by atoms with Crippen molar-refractivity contribution < 1.29 is 9.53 Å². The highest BCUT2D eigenvalue weighted by molar-refractivity contribution is 5.74. The molecule has 1 heterocycles. The molecule has 0 aliphatic rings. The molecule has 1 aromatic heterocycles. The van der Waals surface area contributed by atoms with Crippen molar-refractivity contribution in [2.75, 3.05) is 7.11 Å². The Balaban J connectivity index is 2.86. The van der Waals surface area contributed by atoms with Gasteiger partial charge >= 0.3 is 5.97 Å². The van der Waals surface area contributed by atoms with Crippen molar-refractivity contribution in [3.05, 3.63) is 18.2 Å². The number of unbranched alkanes of at least 4 members (excludes halogenated alkanes) is 1. The first-order chi connectivity index (χ1) is 8.24. The molecule has 17 heavy (non-hydrogen) atoms. The van der Waals surface area contributed by atoms with Gasteiger partial charge in [-0.3, -0.25) is 0 Å². The lowest BCUT2D eigenvalue weighted by Crippen LogP contribution is -2.22. The van der Waals surface area contributed by atoms with Gasteiger partial charge in [-0.25, -0.2) is 9.78 Å². The molecular formula is C13H22N2O2. The van der Waals surface area contributed by atoms with Gasteiger partial charge in [0.15, 0.2) is 0 Å². The summed E-state index contributed by atoms with van der Waals surface area (Å²) in [5.41, 5.74) is 0. The van der Waals surface area contributed by atoms with Gasteiger partial charge in [-0.15, -0.1) is 0 Å². The molecule has 4 heteroatoms. The zero-order valence-corrected chi connectivity index (χ0v) is 11.0. The van der Waals surface area contributed by atoms with Crippen LogP contribution in [0.1, 0.15) is 51.4 Å². The zero-order chi connectivity index (χ0) is 12.7. The number of aromatic nitrogens is 2. The summed E-state index contributed by atoms with van der Waals surface area (Å²) >= 11 is 0. The Morgan fingerprint density at radius 2 is 2.24 bits per heavy atom. The van der Waals surface area contributed by atoms with Gasteiger partial charge < -0.3 is 9.30 Å². The fraction of sp³-hybridized carbons (Fsp3) is 0.692. The maximum atomic E-state index is 11.8. The summed E-state index contributed by atoms with van der Waals surface area (Å²) in [5.74, 6) is 0.799. The molecule has 1 aromatic rings. The standard InChI is InChI=1S/C13H22N2O2/c1-4-6-8-11(13(16)17-3)15-10-9-14-12(15)7-5-2/h9-11H,4-8H2,1-3H3. The number of imidazole rings is 1. The highest BCUT2D eigenvalue weighted by Crippen LogP contribution is 2.19. The second-order valence-corrected chi connectivity index (χ2v) is 4.18.